The molecule has 0 N–H and O–H groups in total. The monoisotopic (exact) mass is 837 g/mol. The summed E-state index contributed by atoms with van der Waals surface area (Å²) in [5.74, 6) is 0. The number of unbranched alkanes of at least 4 members (excludes halogenated alkanes) is 1. The Hall–Kier alpha value is -7.10. The van der Waals surface area contributed by atoms with Crippen LogP contribution in [0.25, 0.3) is 83.2 Å². The summed E-state index contributed by atoms with van der Waals surface area (Å²) in [5, 5.41) is 3.93. The lowest BCUT2D eigenvalue weighted by molar-refractivity contribution is -0.845. The van der Waals surface area contributed by atoms with Gasteiger partial charge < -0.3 is 4.57 Å². The van der Waals surface area contributed by atoms with E-state index >= 15 is 0 Å². The molecule has 10 aromatic rings. The highest BCUT2D eigenvalue weighted by molar-refractivity contribution is 6.14. The molecule has 0 fully saturated rings. The van der Waals surface area contributed by atoms with Crippen molar-refractivity contribution in [3.8, 4) is 50.5 Å². The van der Waals surface area contributed by atoms with Crippen molar-refractivity contribution in [2.75, 3.05) is 0 Å². The van der Waals surface area contributed by atoms with E-state index in [2.05, 4.69) is 217 Å². The first-order chi connectivity index (χ1) is 31.9. The molecule has 0 radical (unpaired) electrons. The van der Waals surface area contributed by atoms with Gasteiger partial charge in [0.05, 0.1) is 27.8 Å². The molecule has 8 heterocycles. The number of benzene rings is 7. The fourth-order valence-corrected chi connectivity index (χ4v) is 13.5. The number of rotatable bonds is 6. The van der Waals surface area contributed by atoms with Crippen molar-refractivity contribution in [2.45, 2.75) is 76.3 Å². The molecule has 2 unspecified atom stereocenters. The predicted octanol–water partition coefficient (Wildman–Crippen LogP) is 13.9. The minimum Gasteiger partial charge on any atom is -0.309 e. The number of hydrogen-bond donors (Lipinski definition) is 0. The first-order valence-electron chi connectivity index (χ1n) is 23.9. The molecular formula is C62H51N3+2. The highest BCUT2D eigenvalue weighted by atomic mass is 15.2. The molecule has 3 heteroatoms. The molecule has 7 aromatic carbocycles. The predicted molar refractivity (Wildman–Crippen MR) is 266 cm³/mol. The van der Waals surface area contributed by atoms with Gasteiger partial charge in [-0.3, -0.25) is 0 Å². The van der Waals surface area contributed by atoms with Crippen LogP contribution in [0.1, 0.15) is 80.3 Å². The number of nitrogens with zero attached hydrogens (tertiary/aromatic N) is 3. The highest BCUT2D eigenvalue weighted by Crippen LogP contribution is 2.58. The zero-order chi connectivity index (χ0) is 43.4. The van der Waals surface area contributed by atoms with Crippen LogP contribution in [0.3, 0.4) is 0 Å². The van der Waals surface area contributed by atoms with Crippen LogP contribution in [0.5, 0.6) is 0 Å². The van der Waals surface area contributed by atoms with E-state index in [1.54, 1.807) is 0 Å². The number of para-hydroxylation sites is 1. The summed E-state index contributed by atoms with van der Waals surface area (Å²) in [6, 6.07) is 66.1. The zero-order valence-corrected chi connectivity index (χ0v) is 37.6. The van der Waals surface area contributed by atoms with Crippen LogP contribution >= 0.6 is 0 Å². The van der Waals surface area contributed by atoms with Gasteiger partial charge >= 0.3 is 0 Å². The Balaban J connectivity index is 1.06. The summed E-state index contributed by atoms with van der Waals surface area (Å²) in [6.07, 6.45) is 7.81. The van der Waals surface area contributed by atoms with Gasteiger partial charge in [-0.05, 0) is 124 Å². The molecule has 312 valence electrons. The normalized spacial score (nSPS) is 18.9. The van der Waals surface area contributed by atoms with Gasteiger partial charge in [0.2, 0.25) is 22.4 Å². The van der Waals surface area contributed by atoms with Crippen molar-refractivity contribution >= 4 is 32.7 Å². The van der Waals surface area contributed by atoms with Gasteiger partial charge in [0.15, 0.2) is 6.20 Å². The molecular weight excluding hydrogens is 787 g/mol. The Morgan fingerprint density at radius 3 is 2.25 bits per heavy atom. The van der Waals surface area contributed by atoms with Crippen LogP contribution in [-0.2, 0) is 29.3 Å². The van der Waals surface area contributed by atoms with Crippen molar-refractivity contribution < 1.29 is 9.13 Å². The van der Waals surface area contributed by atoms with Gasteiger partial charge in [-0.2, -0.15) is 9.13 Å². The van der Waals surface area contributed by atoms with Crippen molar-refractivity contribution in [2.24, 2.45) is 0 Å². The summed E-state index contributed by atoms with van der Waals surface area (Å²) in [4.78, 5) is 0. The van der Waals surface area contributed by atoms with E-state index in [0.717, 1.165) is 19.3 Å². The van der Waals surface area contributed by atoms with Gasteiger partial charge in [0.25, 0.3) is 5.54 Å². The van der Waals surface area contributed by atoms with Crippen LogP contribution in [0.15, 0.2) is 176 Å². The first-order valence-corrected chi connectivity index (χ1v) is 23.9. The Bertz CT molecular complexity index is 3670. The summed E-state index contributed by atoms with van der Waals surface area (Å²) in [7, 11) is 0. The second-order valence-corrected chi connectivity index (χ2v) is 19.9. The van der Waals surface area contributed by atoms with E-state index in [-0.39, 0.29) is 11.0 Å². The number of fused-ring (bicyclic) bond motifs is 14. The second kappa shape index (κ2) is 13.0. The van der Waals surface area contributed by atoms with E-state index in [9.17, 15) is 0 Å². The minimum atomic E-state index is -0.484. The Labute approximate surface area is 380 Å². The minimum absolute atomic E-state index is 0.214. The lowest BCUT2D eigenvalue weighted by atomic mass is 9.61. The molecule has 5 aliphatic heterocycles. The zero-order valence-electron chi connectivity index (χ0n) is 37.6. The number of hydrogen-bond acceptors (Lipinski definition) is 0. The lowest BCUT2D eigenvalue weighted by Crippen LogP contribution is -2.79. The molecule has 15 rings (SSSR count). The third kappa shape index (κ3) is 4.61. The van der Waals surface area contributed by atoms with Crippen LogP contribution in [0, 0.1) is 0 Å². The van der Waals surface area contributed by atoms with Crippen molar-refractivity contribution in [1.82, 2.24) is 4.57 Å². The Kier molecular flexibility index (Phi) is 7.46. The molecule has 0 saturated carbocycles. The molecule has 3 nitrogen and oxygen atoms in total. The third-order valence-electron chi connectivity index (χ3n) is 16.4. The quantitative estimate of drug-likeness (QED) is 0.148. The van der Waals surface area contributed by atoms with Crippen LogP contribution in [-0.4, -0.2) is 4.57 Å². The average Bonchev–Trinajstić information content (AvgIpc) is 3.73. The fourth-order valence-electron chi connectivity index (χ4n) is 13.5. The van der Waals surface area contributed by atoms with Crippen molar-refractivity contribution in [3.05, 3.63) is 209 Å². The molecule has 3 aromatic heterocycles. The molecule has 5 aliphatic rings. The summed E-state index contributed by atoms with van der Waals surface area (Å²) in [6.45, 7) is 9.56. The van der Waals surface area contributed by atoms with Crippen LogP contribution in [0.4, 0.5) is 0 Å². The van der Waals surface area contributed by atoms with E-state index in [0.29, 0.717) is 0 Å². The second-order valence-electron chi connectivity index (χ2n) is 19.9. The standard InChI is InChI=1S/C62H51N3/c1-5-7-15-39-16-14-17-41(32-39)42-25-29-56-47(34-42)48-36-45(37-53-59(48)64(56)58-22-11-10-20-52(58)60(53,3)4)43-24-27-51-49(35-43)57-30-26-44-33-40-23-28-54(44)65(57)61(6-2,38-40)62(51)50-19-9-8-18-46(50)55-21-12-13-31-63(55)62/h8-14,16-37H,5-7,15,38H2,1-4H3/q+2. The van der Waals surface area contributed by atoms with Crippen LogP contribution in [0.2, 0.25) is 0 Å². The van der Waals surface area contributed by atoms with Gasteiger partial charge in [-0.1, -0.05) is 113 Å². The maximum Gasteiger partial charge on any atom is 0.284 e. The van der Waals surface area contributed by atoms with Gasteiger partial charge in [-0.15, -0.1) is 0 Å². The molecule has 0 amide bonds. The van der Waals surface area contributed by atoms with E-state index in [1.165, 1.54) is 129 Å². The average molecular weight is 838 g/mol. The van der Waals surface area contributed by atoms with Gasteiger partial charge in [0.1, 0.15) is 0 Å². The SMILES string of the molecule is CCCCc1cccc(-c2ccc3c(c2)c2cc(-c4ccc5c(c4)-c4ccc6cc7ccc6[n+]4C(CC)(C7)C54c5ccccc5-c5cccc[n+]54)cc4c2n3-c2ccccc2C4(C)C)c1. The third-order valence-corrected chi connectivity index (χ3v) is 16.4. The molecule has 1 spiro atoms. The molecule has 0 aliphatic carbocycles. The van der Waals surface area contributed by atoms with Crippen molar-refractivity contribution in [1.29, 1.82) is 0 Å². The van der Waals surface area contributed by atoms with E-state index in [1.807, 2.05) is 0 Å². The largest absolute Gasteiger partial charge is 0.309 e. The molecule has 0 saturated heterocycles. The summed E-state index contributed by atoms with van der Waals surface area (Å²) >= 11 is 0. The maximum absolute atomic E-state index is 2.78. The molecule has 2 atom stereocenters. The maximum atomic E-state index is 2.78. The summed E-state index contributed by atoms with van der Waals surface area (Å²) in [5.41, 5.74) is 22.8. The lowest BCUT2D eigenvalue weighted by Gasteiger charge is -2.44. The highest BCUT2D eigenvalue weighted by Gasteiger charge is 2.74. The molecule has 65 heavy (non-hydrogen) atoms. The summed E-state index contributed by atoms with van der Waals surface area (Å²) < 4.78 is 8.00. The Morgan fingerprint density at radius 1 is 0.569 bits per heavy atom. The fraction of sp³-hybridized carbons (Fsp3) is 0.194. The topological polar surface area (TPSA) is 12.7 Å². The molecule has 4 bridgehead atoms. The first kappa shape index (κ1) is 37.3. The number of pyridine rings is 2. The van der Waals surface area contributed by atoms with Gasteiger partial charge in [-0.25, -0.2) is 0 Å². The number of aryl methyl sites for hydroxylation is 1. The van der Waals surface area contributed by atoms with E-state index < -0.39 is 5.54 Å². The van der Waals surface area contributed by atoms with Crippen LogP contribution < -0.4 is 9.13 Å². The Morgan fingerprint density at radius 2 is 1.35 bits per heavy atom. The van der Waals surface area contributed by atoms with Gasteiger partial charge in [0, 0.05) is 69.8 Å². The van der Waals surface area contributed by atoms with Crippen molar-refractivity contribution in [3.63, 3.8) is 0 Å². The van der Waals surface area contributed by atoms with E-state index in [4.69, 9.17) is 0 Å². The smallest absolute Gasteiger partial charge is 0.284 e. The number of aromatic nitrogens is 3.